The molecule has 0 aliphatic carbocycles. The second kappa shape index (κ2) is 3.62. The number of rotatable bonds is 2. The number of pyridine rings is 1. The van der Waals surface area contributed by atoms with E-state index in [0.29, 0.717) is 12.3 Å². The summed E-state index contributed by atoms with van der Waals surface area (Å²) in [6.45, 7) is 0. The first-order valence-corrected chi connectivity index (χ1v) is 3.29. The van der Waals surface area contributed by atoms with Crippen molar-refractivity contribution in [3.05, 3.63) is 23.9 Å². The summed E-state index contributed by atoms with van der Waals surface area (Å²) >= 11 is 0. The Morgan fingerprint density at radius 3 is 3.18 bits per heavy atom. The Morgan fingerprint density at radius 1 is 1.73 bits per heavy atom. The third kappa shape index (κ3) is 1.98. The van der Waals surface area contributed by atoms with Crippen LogP contribution in [0.3, 0.4) is 0 Å². The maximum Gasteiger partial charge on any atom is 0.213 e. The quantitative estimate of drug-likeness (QED) is 0.587. The summed E-state index contributed by atoms with van der Waals surface area (Å²) in [6.07, 6.45) is 7.45. The van der Waals surface area contributed by atoms with Crippen LogP contribution >= 0.6 is 0 Å². The van der Waals surface area contributed by atoms with Crippen LogP contribution in [0.5, 0.6) is 5.88 Å². The van der Waals surface area contributed by atoms with Gasteiger partial charge in [0, 0.05) is 18.7 Å². The lowest BCUT2D eigenvalue weighted by Crippen LogP contribution is -1.88. The largest absolute Gasteiger partial charge is 0.481 e. The van der Waals surface area contributed by atoms with Crippen molar-refractivity contribution in [3.63, 3.8) is 0 Å². The van der Waals surface area contributed by atoms with E-state index < -0.39 is 0 Å². The number of hydrogen-bond donors (Lipinski definition) is 0. The molecule has 11 heavy (non-hydrogen) atoms. The summed E-state index contributed by atoms with van der Waals surface area (Å²) in [6, 6.07) is 3.71. The normalized spacial score (nSPS) is 8.73. The molecule has 2 heteroatoms. The van der Waals surface area contributed by atoms with E-state index in [0.717, 1.165) is 5.56 Å². The Hall–Kier alpha value is -1.49. The molecule has 1 aromatic rings. The smallest absolute Gasteiger partial charge is 0.213 e. The zero-order chi connectivity index (χ0) is 8.10. The fourth-order valence-electron chi connectivity index (χ4n) is 0.790. The van der Waals surface area contributed by atoms with Gasteiger partial charge in [-0.3, -0.25) is 0 Å². The van der Waals surface area contributed by atoms with Gasteiger partial charge in [0.05, 0.1) is 7.11 Å². The van der Waals surface area contributed by atoms with Crippen LogP contribution in [0.25, 0.3) is 0 Å². The molecule has 0 aliphatic heterocycles. The average Bonchev–Trinajstić information content (AvgIpc) is 2.06. The van der Waals surface area contributed by atoms with E-state index in [2.05, 4.69) is 10.9 Å². The van der Waals surface area contributed by atoms with Gasteiger partial charge in [0.25, 0.3) is 0 Å². The molecule has 1 aromatic heterocycles. The summed E-state index contributed by atoms with van der Waals surface area (Å²) in [5.41, 5.74) is 1.05. The topological polar surface area (TPSA) is 22.1 Å². The number of aromatic nitrogens is 1. The van der Waals surface area contributed by atoms with Crippen LogP contribution in [-0.4, -0.2) is 12.1 Å². The van der Waals surface area contributed by atoms with Crippen LogP contribution in [0.15, 0.2) is 18.3 Å². The number of hydrogen-bond acceptors (Lipinski definition) is 2. The predicted molar refractivity (Wildman–Crippen MR) is 43.3 cm³/mol. The minimum Gasteiger partial charge on any atom is -0.481 e. The zero-order valence-corrected chi connectivity index (χ0v) is 6.37. The number of nitrogens with zero attached hydrogens (tertiary/aromatic N) is 1. The van der Waals surface area contributed by atoms with Gasteiger partial charge >= 0.3 is 0 Å². The van der Waals surface area contributed by atoms with Crippen LogP contribution in [0.1, 0.15) is 5.56 Å². The van der Waals surface area contributed by atoms with E-state index in [9.17, 15) is 0 Å². The van der Waals surface area contributed by atoms with Crippen molar-refractivity contribution in [2.75, 3.05) is 7.11 Å². The molecule has 0 radical (unpaired) electrons. The number of ether oxygens (including phenoxy) is 1. The van der Waals surface area contributed by atoms with Crippen LogP contribution in [0.4, 0.5) is 0 Å². The molecular formula is C9H9NO. The standard InChI is InChI=1S/C9H9NO/c1-3-4-8-5-6-10-9(7-8)11-2/h1,5-7H,4H2,2H3. The van der Waals surface area contributed by atoms with E-state index in [4.69, 9.17) is 11.2 Å². The van der Waals surface area contributed by atoms with Crippen molar-refractivity contribution in [1.82, 2.24) is 4.98 Å². The first kappa shape index (κ1) is 7.62. The molecule has 0 amide bonds. The molecule has 1 rings (SSSR count). The van der Waals surface area contributed by atoms with E-state index in [1.54, 1.807) is 13.3 Å². The summed E-state index contributed by atoms with van der Waals surface area (Å²) in [4.78, 5) is 3.95. The first-order chi connectivity index (χ1) is 5.36. The molecule has 0 atom stereocenters. The van der Waals surface area contributed by atoms with E-state index in [1.807, 2.05) is 12.1 Å². The average molecular weight is 147 g/mol. The van der Waals surface area contributed by atoms with Crippen molar-refractivity contribution < 1.29 is 4.74 Å². The molecular weight excluding hydrogens is 138 g/mol. The second-order valence-corrected chi connectivity index (χ2v) is 2.09. The molecule has 0 fully saturated rings. The molecule has 0 unspecified atom stereocenters. The van der Waals surface area contributed by atoms with Crippen LogP contribution < -0.4 is 4.74 Å². The van der Waals surface area contributed by atoms with Crippen LogP contribution in [0, 0.1) is 12.3 Å². The van der Waals surface area contributed by atoms with Crippen molar-refractivity contribution in [2.45, 2.75) is 6.42 Å². The Labute approximate surface area is 66.2 Å². The van der Waals surface area contributed by atoms with Gasteiger partial charge in [-0.1, -0.05) is 0 Å². The predicted octanol–water partition coefficient (Wildman–Crippen LogP) is 1.27. The molecule has 0 saturated carbocycles. The highest BCUT2D eigenvalue weighted by Crippen LogP contribution is 2.08. The zero-order valence-electron chi connectivity index (χ0n) is 6.37. The van der Waals surface area contributed by atoms with Crippen molar-refractivity contribution in [3.8, 4) is 18.2 Å². The van der Waals surface area contributed by atoms with E-state index in [-0.39, 0.29) is 0 Å². The van der Waals surface area contributed by atoms with E-state index in [1.165, 1.54) is 0 Å². The number of methoxy groups -OCH3 is 1. The van der Waals surface area contributed by atoms with Crippen LogP contribution in [-0.2, 0) is 6.42 Å². The fourth-order valence-corrected chi connectivity index (χ4v) is 0.790. The van der Waals surface area contributed by atoms with E-state index >= 15 is 0 Å². The second-order valence-electron chi connectivity index (χ2n) is 2.09. The number of terminal acetylenes is 1. The monoisotopic (exact) mass is 147 g/mol. The lowest BCUT2D eigenvalue weighted by molar-refractivity contribution is 0.397. The van der Waals surface area contributed by atoms with Gasteiger partial charge in [0.15, 0.2) is 0 Å². The summed E-state index contributed by atoms with van der Waals surface area (Å²) in [5.74, 6) is 3.16. The summed E-state index contributed by atoms with van der Waals surface area (Å²) in [5, 5.41) is 0. The molecule has 0 aliphatic rings. The lowest BCUT2D eigenvalue weighted by atomic mass is 10.2. The molecule has 0 saturated heterocycles. The minimum absolute atomic E-state index is 0.609. The molecule has 0 bridgehead atoms. The molecule has 0 N–H and O–H groups in total. The third-order valence-electron chi connectivity index (χ3n) is 1.31. The summed E-state index contributed by atoms with van der Waals surface area (Å²) in [7, 11) is 1.59. The lowest BCUT2D eigenvalue weighted by Gasteiger charge is -1.98. The van der Waals surface area contributed by atoms with Gasteiger partial charge in [-0.25, -0.2) is 4.98 Å². The van der Waals surface area contributed by atoms with Crippen molar-refractivity contribution >= 4 is 0 Å². The maximum absolute atomic E-state index is 5.14. The first-order valence-electron chi connectivity index (χ1n) is 3.29. The highest BCUT2D eigenvalue weighted by molar-refractivity contribution is 5.23. The van der Waals surface area contributed by atoms with Gasteiger partial charge in [-0.15, -0.1) is 12.3 Å². The summed E-state index contributed by atoms with van der Waals surface area (Å²) < 4.78 is 4.92. The maximum atomic E-state index is 5.14. The minimum atomic E-state index is 0.609. The highest BCUT2D eigenvalue weighted by Gasteiger charge is 1.93. The van der Waals surface area contributed by atoms with Gasteiger partial charge in [0.1, 0.15) is 0 Å². The Morgan fingerprint density at radius 2 is 2.55 bits per heavy atom. The molecule has 2 nitrogen and oxygen atoms in total. The van der Waals surface area contributed by atoms with Gasteiger partial charge in [-0.2, -0.15) is 0 Å². The Balaban J connectivity index is 2.84. The molecule has 0 aromatic carbocycles. The van der Waals surface area contributed by atoms with Crippen molar-refractivity contribution in [2.24, 2.45) is 0 Å². The van der Waals surface area contributed by atoms with Crippen molar-refractivity contribution in [1.29, 1.82) is 0 Å². The molecule has 0 spiro atoms. The van der Waals surface area contributed by atoms with Gasteiger partial charge in [0.2, 0.25) is 5.88 Å². The Bertz CT molecular complexity index is 275. The fraction of sp³-hybridized carbons (Fsp3) is 0.222. The molecule has 1 heterocycles. The molecule has 56 valence electrons. The van der Waals surface area contributed by atoms with Crippen LogP contribution in [0.2, 0.25) is 0 Å². The van der Waals surface area contributed by atoms with Gasteiger partial charge < -0.3 is 4.74 Å². The highest BCUT2D eigenvalue weighted by atomic mass is 16.5. The van der Waals surface area contributed by atoms with Gasteiger partial charge in [-0.05, 0) is 11.6 Å². The SMILES string of the molecule is C#CCc1ccnc(OC)c1. The third-order valence-corrected chi connectivity index (χ3v) is 1.31. The Kier molecular flexibility index (Phi) is 2.51.